The second kappa shape index (κ2) is 8.87. The fourth-order valence-corrected chi connectivity index (χ4v) is 2.70. The van der Waals surface area contributed by atoms with Crippen molar-refractivity contribution in [3.63, 3.8) is 0 Å². The van der Waals surface area contributed by atoms with Crippen molar-refractivity contribution in [3.05, 3.63) is 75.1 Å². The summed E-state index contributed by atoms with van der Waals surface area (Å²) < 4.78 is 7.32. The Bertz CT molecular complexity index is 1100. The molecule has 1 aromatic heterocycles. The molecule has 28 heavy (non-hydrogen) atoms. The number of hydrogen-bond donors (Lipinski definition) is 1. The fraction of sp³-hybridized carbons (Fsp3) is 0.105. The Balaban J connectivity index is 1.86. The molecule has 0 fully saturated rings. The van der Waals surface area contributed by atoms with Crippen LogP contribution in [0.5, 0.6) is 5.75 Å². The molecule has 1 N–H and O–H groups in total. The summed E-state index contributed by atoms with van der Waals surface area (Å²) in [5.74, 6) is 1.25. The number of nitro benzene ring substituents is 1. The molecule has 8 nitrogen and oxygen atoms in total. The summed E-state index contributed by atoms with van der Waals surface area (Å²) in [6.07, 6.45) is 4.72. The molecule has 142 valence electrons. The van der Waals surface area contributed by atoms with Crippen LogP contribution in [0.4, 0.5) is 5.69 Å². The third-order valence-electron chi connectivity index (χ3n) is 3.73. The lowest BCUT2D eigenvalue weighted by Crippen LogP contribution is -1.95. The number of nitrogens with zero attached hydrogens (tertiary/aromatic N) is 4. The molecule has 0 bridgehead atoms. The van der Waals surface area contributed by atoms with Gasteiger partial charge in [-0.3, -0.25) is 10.1 Å². The summed E-state index contributed by atoms with van der Waals surface area (Å²) in [5.41, 5.74) is 1.30. The quantitative estimate of drug-likeness (QED) is 0.276. The van der Waals surface area contributed by atoms with Gasteiger partial charge in [0, 0.05) is 17.8 Å². The minimum absolute atomic E-state index is 0.0282. The smallest absolute Gasteiger partial charge is 0.276 e. The fourth-order valence-electron chi connectivity index (χ4n) is 2.52. The van der Waals surface area contributed by atoms with E-state index in [1.165, 1.54) is 17.0 Å². The molecule has 0 unspecified atom stereocenters. The zero-order chi connectivity index (χ0) is 19.9. The first-order valence-corrected chi connectivity index (χ1v) is 8.86. The normalized spacial score (nSPS) is 11.3. The van der Waals surface area contributed by atoms with Crippen LogP contribution in [0.15, 0.2) is 59.7 Å². The minimum Gasteiger partial charge on any atom is -0.494 e. The molecule has 3 rings (SSSR count). The maximum absolute atomic E-state index is 11.1. The molecule has 0 spiro atoms. The van der Waals surface area contributed by atoms with Gasteiger partial charge >= 0.3 is 0 Å². The summed E-state index contributed by atoms with van der Waals surface area (Å²) in [7, 11) is 0. The van der Waals surface area contributed by atoms with Gasteiger partial charge in [-0.15, -0.1) is 0 Å². The first-order chi connectivity index (χ1) is 13.6. The van der Waals surface area contributed by atoms with Crippen LogP contribution in [-0.2, 0) is 0 Å². The van der Waals surface area contributed by atoms with Crippen LogP contribution in [0.2, 0.25) is 0 Å². The zero-order valence-electron chi connectivity index (χ0n) is 15.0. The Morgan fingerprint density at radius 2 is 2.14 bits per heavy atom. The van der Waals surface area contributed by atoms with E-state index in [-0.39, 0.29) is 5.69 Å². The van der Waals surface area contributed by atoms with Crippen molar-refractivity contribution in [2.24, 2.45) is 5.10 Å². The van der Waals surface area contributed by atoms with Crippen molar-refractivity contribution in [1.29, 1.82) is 0 Å². The monoisotopic (exact) mass is 395 g/mol. The second-order valence-corrected chi connectivity index (χ2v) is 5.95. The first kappa shape index (κ1) is 19.2. The summed E-state index contributed by atoms with van der Waals surface area (Å²) in [6, 6.07) is 13.9. The number of benzene rings is 2. The third-order valence-corrected chi connectivity index (χ3v) is 4.00. The summed E-state index contributed by atoms with van der Waals surface area (Å²) in [4.78, 5) is 10.6. The molecule has 1 heterocycles. The van der Waals surface area contributed by atoms with Crippen molar-refractivity contribution < 1.29 is 9.66 Å². The van der Waals surface area contributed by atoms with E-state index in [1.54, 1.807) is 30.4 Å². The van der Waals surface area contributed by atoms with E-state index in [4.69, 9.17) is 17.0 Å². The highest BCUT2D eigenvalue weighted by Gasteiger charge is 2.10. The topological polar surface area (TPSA) is 98.3 Å². The minimum atomic E-state index is -0.424. The molecular weight excluding hydrogens is 378 g/mol. The third kappa shape index (κ3) is 4.38. The molecule has 0 radical (unpaired) electrons. The van der Waals surface area contributed by atoms with Gasteiger partial charge in [0.2, 0.25) is 4.77 Å². The van der Waals surface area contributed by atoms with Crippen LogP contribution in [0.1, 0.15) is 12.5 Å². The van der Waals surface area contributed by atoms with Gasteiger partial charge in [0.25, 0.3) is 5.69 Å². The Morgan fingerprint density at radius 3 is 2.93 bits per heavy atom. The van der Waals surface area contributed by atoms with Crippen LogP contribution in [-0.4, -0.2) is 32.6 Å². The van der Waals surface area contributed by atoms with Crippen molar-refractivity contribution >= 4 is 30.2 Å². The highest BCUT2D eigenvalue weighted by atomic mass is 32.1. The largest absolute Gasteiger partial charge is 0.494 e. The number of aromatic nitrogens is 3. The number of ether oxygens (including phenoxy) is 1. The molecule has 3 aromatic rings. The van der Waals surface area contributed by atoms with Gasteiger partial charge in [0.15, 0.2) is 5.82 Å². The van der Waals surface area contributed by atoms with Gasteiger partial charge in [0.1, 0.15) is 5.75 Å². The van der Waals surface area contributed by atoms with E-state index in [1.807, 2.05) is 31.2 Å². The van der Waals surface area contributed by atoms with Crippen molar-refractivity contribution in [2.45, 2.75) is 6.92 Å². The molecular formula is C19H17N5O3S. The van der Waals surface area contributed by atoms with Crippen LogP contribution in [0.3, 0.4) is 0 Å². The molecule has 0 aliphatic heterocycles. The summed E-state index contributed by atoms with van der Waals surface area (Å²) in [6.45, 7) is 2.47. The van der Waals surface area contributed by atoms with Crippen LogP contribution >= 0.6 is 12.2 Å². The zero-order valence-corrected chi connectivity index (χ0v) is 15.8. The first-order valence-electron chi connectivity index (χ1n) is 8.45. The highest BCUT2D eigenvalue weighted by molar-refractivity contribution is 7.71. The number of nitro groups is 1. The Morgan fingerprint density at radius 1 is 1.32 bits per heavy atom. The predicted octanol–water partition coefficient (Wildman–Crippen LogP) is 4.46. The lowest BCUT2D eigenvalue weighted by molar-refractivity contribution is -0.385. The van der Waals surface area contributed by atoms with Gasteiger partial charge in [0.05, 0.1) is 17.1 Å². The molecule has 0 atom stereocenters. The SMILES string of the molecule is CCOc1cccc(-c2n[nH]c(=S)n2N=CC=Cc2ccccc2[N+](=O)[O-])c1. The van der Waals surface area contributed by atoms with Gasteiger partial charge in [-0.1, -0.05) is 24.3 Å². The van der Waals surface area contributed by atoms with E-state index >= 15 is 0 Å². The van der Waals surface area contributed by atoms with Gasteiger partial charge < -0.3 is 4.74 Å². The van der Waals surface area contributed by atoms with Gasteiger partial charge in [-0.25, -0.2) is 5.10 Å². The number of H-pyrrole nitrogens is 1. The average molecular weight is 395 g/mol. The van der Waals surface area contributed by atoms with E-state index in [0.29, 0.717) is 22.8 Å². The average Bonchev–Trinajstić information content (AvgIpc) is 3.06. The van der Waals surface area contributed by atoms with Crippen LogP contribution in [0, 0.1) is 14.9 Å². The van der Waals surface area contributed by atoms with E-state index in [9.17, 15) is 10.1 Å². The van der Waals surface area contributed by atoms with E-state index in [0.717, 1.165) is 11.3 Å². The number of nitrogens with one attached hydrogen (secondary N) is 1. The van der Waals surface area contributed by atoms with Crippen molar-refractivity contribution in [1.82, 2.24) is 14.9 Å². The van der Waals surface area contributed by atoms with E-state index in [2.05, 4.69) is 15.3 Å². The number of allylic oxidation sites excluding steroid dienone is 1. The molecule has 0 saturated heterocycles. The lowest BCUT2D eigenvalue weighted by Gasteiger charge is -2.05. The van der Waals surface area contributed by atoms with E-state index < -0.39 is 4.92 Å². The number of hydrogen-bond acceptors (Lipinski definition) is 6. The van der Waals surface area contributed by atoms with Crippen LogP contribution in [0.25, 0.3) is 17.5 Å². The maximum Gasteiger partial charge on any atom is 0.276 e. The van der Waals surface area contributed by atoms with Crippen molar-refractivity contribution in [2.75, 3.05) is 6.61 Å². The Labute approximate surface area is 165 Å². The molecule has 0 aliphatic carbocycles. The van der Waals surface area contributed by atoms with Gasteiger partial charge in [-0.05, 0) is 49.5 Å². The highest BCUT2D eigenvalue weighted by Crippen LogP contribution is 2.22. The lowest BCUT2D eigenvalue weighted by atomic mass is 10.2. The summed E-state index contributed by atoms with van der Waals surface area (Å²) >= 11 is 5.24. The van der Waals surface area contributed by atoms with Crippen molar-refractivity contribution in [3.8, 4) is 17.1 Å². The molecule has 9 heteroatoms. The molecule has 2 aromatic carbocycles. The van der Waals surface area contributed by atoms with Gasteiger partial charge in [-0.2, -0.15) is 14.9 Å². The Kier molecular flexibility index (Phi) is 6.07. The molecule has 0 saturated carbocycles. The standard InChI is InChI=1S/C19H17N5O3S/c1-2-27-16-10-5-8-15(13-16)18-21-22-19(28)23(18)20-12-6-9-14-7-3-4-11-17(14)24(25)26/h3-13H,2H2,1H3,(H,22,28). The predicted molar refractivity (Wildman–Crippen MR) is 110 cm³/mol. The van der Waals surface area contributed by atoms with Crippen LogP contribution < -0.4 is 4.74 Å². The number of aromatic amines is 1. The molecule has 0 aliphatic rings. The molecule has 0 amide bonds. The number of rotatable bonds is 7. The second-order valence-electron chi connectivity index (χ2n) is 5.56. The summed E-state index contributed by atoms with van der Waals surface area (Å²) in [5, 5.41) is 22.3. The maximum atomic E-state index is 11.1. The number of para-hydroxylation sites is 1. The Hall–Kier alpha value is -3.59.